The molecule has 0 aliphatic heterocycles. The molecule has 0 radical (unpaired) electrons. The van der Waals surface area contributed by atoms with Crippen LogP contribution < -0.4 is 0 Å². The van der Waals surface area contributed by atoms with Crippen LogP contribution in [0.25, 0.3) is 0 Å². The molecule has 2 aliphatic carbocycles. The highest BCUT2D eigenvalue weighted by Crippen LogP contribution is 2.48. The fourth-order valence-corrected chi connectivity index (χ4v) is 3.71. The molecule has 3 unspecified atom stereocenters. The minimum absolute atomic E-state index is 0.196. The molecule has 0 bridgehead atoms. The van der Waals surface area contributed by atoms with Crippen molar-refractivity contribution in [2.24, 2.45) is 11.8 Å². The van der Waals surface area contributed by atoms with Gasteiger partial charge in [0.15, 0.2) is 5.79 Å². The summed E-state index contributed by atoms with van der Waals surface area (Å²) in [7, 11) is 3.16. The molecule has 2 aliphatic rings. The minimum atomic E-state index is -0.523. The van der Waals surface area contributed by atoms with E-state index in [9.17, 15) is 4.79 Å². The molecule has 0 aromatic carbocycles. The first-order chi connectivity index (χ1) is 9.18. The number of allylic oxidation sites excluding steroid dienone is 1. The molecule has 0 saturated heterocycles. The molecule has 1 saturated carbocycles. The van der Waals surface area contributed by atoms with Crippen LogP contribution in [0.5, 0.6) is 0 Å². The second kappa shape index (κ2) is 6.06. The van der Waals surface area contributed by atoms with Crippen LogP contribution in [-0.4, -0.2) is 32.6 Å². The highest BCUT2D eigenvalue weighted by Gasteiger charge is 2.49. The van der Waals surface area contributed by atoms with Gasteiger partial charge in [-0.1, -0.05) is 6.08 Å². The first-order valence-electron chi connectivity index (χ1n) is 7.16. The van der Waals surface area contributed by atoms with E-state index in [-0.39, 0.29) is 17.8 Å². The first kappa shape index (κ1) is 14.5. The lowest BCUT2D eigenvalue weighted by molar-refractivity contribution is -0.275. The van der Waals surface area contributed by atoms with E-state index in [4.69, 9.17) is 14.2 Å². The number of carbonyl (C=O) groups excluding carboxylic acids is 1. The predicted octanol–water partition coefficient (Wildman–Crippen LogP) is 2.68. The van der Waals surface area contributed by atoms with Crippen LogP contribution >= 0.6 is 0 Å². The van der Waals surface area contributed by atoms with Gasteiger partial charge in [0.05, 0.1) is 7.11 Å². The Kier molecular flexibility index (Phi) is 4.63. The van der Waals surface area contributed by atoms with Crippen molar-refractivity contribution >= 4 is 5.97 Å². The number of methoxy groups -OCH3 is 2. The normalized spacial score (nSPS) is 34.4. The predicted molar refractivity (Wildman–Crippen MR) is 71.5 cm³/mol. The molecular formula is C15H24O4. The molecule has 4 heteroatoms. The minimum Gasteiger partial charge on any atom is -0.466 e. The summed E-state index contributed by atoms with van der Waals surface area (Å²) >= 11 is 0. The van der Waals surface area contributed by atoms with E-state index in [0.29, 0.717) is 6.61 Å². The Bertz CT molecular complexity index is 359. The van der Waals surface area contributed by atoms with E-state index in [1.165, 1.54) is 7.11 Å². The van der Waals surface area contributed by atoms with E-state index in [2.05, 4.69) is 0 Å². The van der Waals surface area contributed by atoms with Crippen molar-refractivity contribution < 1.29 is 19.0 Å². The van der Waals surface area contributed by atoms with Gasteiger partial charge in [0.2, 0.25) is 0 Å². The first-order valence-corrected chi connectivity index (χ1v) is 7.16. The molecule has 0 spiro atoms. The smallest absolute Gasteiger partial charge is 0.333 e. The summed E-state index contributed by atoms with van der Waals surface area (Å²) in [5, 5.41) is 0. The molecule has 4 nitrogen and oxygen atoms in total. The average Bonchev–Trinajstić information content (AvgIpc) is 2.46. The van der Waals surface area contributed by atoms with Gasteiger partial charge in [0.1, 0.15) is 0 Å². The van der Waals surface area contributed by atoms with Crippen molar-refractivity contribution in [3.63, 3.8) is 0 Å². The summed E-state index contributed by atoms with van der Waals surface area (Å²) < 4.78 is 16.6. The summed E-state index contributed by atoms with van der Waals surface area (Å²) in [4.78, 5) is 11.9. The number of carbonyl (C=O) groups is 1. The lowest BCUT2D eigenvalue weighted by Gasteiger charge is -2.48. The number of rotatable bonds is 4. The van der Waals surface area contributed by atoms with Crippen LogP contribution in [0.2, 0.25) is 0 Å². The van der Waals surface area contributed by atoms with Gasteiger partial charge in [-0.15, -0.1) is 0 Å². The van der Waals surface area contributed by atoms with Crippen molar-refractivity contribution in [3.8, 4) is 0 Å². The standard InChI is InChI=1S/C15H24O4/c1-4-19-15(18-3)10-6-8-11-12(14(16)17-2)7-5-9-13(11)15/h7,11,13H,4-6,8-10H2,1-3H3. The highest BCUT2D eigenvalue weighted by atomic mass is 16.7. The lowest BCUT2D eigenvalue weighted by Crippen LogP contribution is -2.50. The number of ether oxygens (including phenoxy) is 3. The quantitative estimate of drug-likeness (QED) is 0.581. The molecule has 19 heavy (non-hydrogen) atoms. The maximum Gasteiger partial charge on any atom is 0.333 e. The van der Waals surface area contributed by atoms with Gasteiger partial charge >= 0.3 is 5.97 Å². The Labute approximate surface area is 115 Å². The zero-order valence-electron chi connectivity index (χ0n) is 12.1. The fraction of sp³-hybridized carbons (Fsp3) is 0.800. The molecule has 0 aromatic heterocycles. The zero-order valence-corrected chi connectivity index (χ0v) is 12.1. The van der Waals surface area contributed by atoms with Crippen molar-refractivity contribution in [2.75, 3.05) is 20.8 Å². The molecule has 2 rings (SSSR count). The van der Waals surface area contributed by atoms with E-state index in [1.54, 1.807) is 7.11 Å². The van der Waals surface area contributed by atoms with E-state index in [0.717, 1.165) is 37.7 Å². The summed E-state index contributed by atoms with van der Waals surface area (Å²) in [6.45, 7) is 2.62. The molecule has 0 aromatic rings. The van der Waals surface area contributed by atoms with Crippen molar-refractivity contribution in [1.82, 2.24) is 0 Å². The van der Waals surface area contributed by atoms with Crippen LogP contribution in [-0.2, 0) is 19.0 Å². The van der Waals surface area contributed by atoms with Crippen molar-refractivity contribution in [3.05, 3.63) is 11.6 Å². The Morgan fingerprint density at radius 3 is 2.84 bits per heavy atom. The Hall–Kier alpha value is -0.870. The number of hydrogen-bond acceptors (Lipinski definition) is 4. The lowest BCUT2D eigenvalue weighted by atomic mass is 9.66. The Balaban J connectivity index is 2.27. The molecule has 0 N–H and O–H groups in total. The van der Waals surface area contributed by atoms with E-state index < -0.39 is 5.79 Å². The van der Waals surface area contributed by atoms with E-state index in [1.807, 2.05) is 13.0 Å². The Morgan fingerprint density at radius 1 is 1.42 bits per heavy atom. The number of fused-ring (bicyclic) bond motifs is 1. The van der Waals surface area contributed by atoms with Gasteiger partial charge in [0.25, 0.3) is 0 Å². The zero-order chi connectivity index (χ0) is 13.9. The average molecular weight is 268 g/mol. The van der Waals surface area contributed by atoms with E-state index >= 15 is 0 Å². The van der Waals surface area contributed by atoms with Gasteiger partial charge in [-0.3, -0.25) is 0 Å². The van der Waals surface area contributed by atoms with Crippen molar-refractivity contribution in [1.29, 1.82) is 0 Å². The second-order valence-electron chi connectivity index (χ2n) is 5.28. The van der Waals surface area contributed by atoms with Gasteiger partial charge in [0, 0.05) is 31.6 Å². The third-order valence-electron chi connectivity index (χ3n) is 4.49. The molecule has 108 valence electrons. The maximum atomic E-state index is 11.9. The van der Waals surface area contributed by atoms with Crippen LogP contribution in [0.4, 0.5) is 0 Å². The van der Waals surface area contributed by atoms with Crippen LogP contribution in [0.15, 0.2) is 11.6 Å². The maximum absolute atomic E-state index is 11.9. The number of esters is 1. The van der Waals surface area contributed by atoms with Crippen LogP contribution in [0, 0.1) is 11.8 Å². The van der Waals surface area contributed by atoms with Gasteiger partial charge in [-0.05, 0) is 38.5 Å². The Morgan fingerprint density at radius 2 is 2.21 bits per heavy atom. The summed E-state index contributed by atoms with van der Waals surface area (Å²) in [5.41, 5.74) is 0.819. The monoisotopic (exact) mass is 268 g/mol. The summed E-state index contributed by atoms with van der Waals surface area (Å²) in [6.07, 6.45) is 6.88. The van der Waals surface area contributed by atoms with Gasteiger partial charge in [-0.2, -0.15) is 0 Å². The fourth-order valence-electron chi connectivity index (χ4n) is 3.71. The largest absolute Gasteiger partial charge is 0.466 e. The topological polar surface area (TPSA) is 44.8 Å². The van der Waals surface area contributed by atoms with Crippen LogP contribution in [0.3, 0.4) is 0 Å². The van der Waals surface area contributed by atoms with Gasteiger partial charge in [-0.25, -0.2) is 4.79 Å². The summed E-state index contributed by atoms with van der Waals surface area (Å²) in [6, 6.07) is 0. The third kappa shape index (κ3) is 2.56. The molecule has 3 atom stereocenters. The molecule has 0 heterocycles. The number of hydrogen-bond donors (Lipinski definition) is 0. The third-order valence-corrected chi connectivity index (χ3v) is 4.49. The molecule has 0 amide bonds. The van der Waals surface area contributed by atoms with Crippen molar-refractivity contribution in [2.45, 2.75) is 44.8 Å². The van der Waals surface area contributed by atoms with Gasteiger partial charge < -0.3 is 14.2 Å². The summed E-state index contributed by atoms with van der Waals surface area (Å²) in [5.74, 6) is -0.254. The highest BCUT2D eigenvalue weighted by molar-refractivity contribution is 5.89. The SMILES string of the molecule is CCOC1(OC)CCCC2C(C(=O)OC)=CCCC21. The molecule has 1 fully saturated rings. The van der Waals surface area contributed by atoms with Crippen LogP contribution in [0.1, 0.15) is 39.0 Å². The molecular weight excluding hydrogens is 244 g/mol. The second-order valence-corrected chi connectivity index (χ2v) is 5.28.